The average Bonchev–Trinajstić information content (AvgIpc) is 2.67. The van der Waals surface area contributed by atoms with Crippen LogP contribution in [0, 0.1) is 0 Å². The Morgan fingerprint density at radius 2 is 2.00 bits per heavy atom. The SMILES string of the molecule is CCNC(=NCCNC(=O)c1cccnc1)N(C)Cc1ccc(Cl)c(Cl)c1.I. The lowest BCUT2D eigenvalue weighted by Crippen LogP contribution is -2.39. The van der Waals surface area contributed by atoms with Crippen molar-refractivity contribution in [1.82, 2.24) is 20.5 Å². The van der Waals surface area contributed by atoms with Gasteiger partial charge in [0.2, 0.25) is 0 Å². The van der Waals surface area contributed by atoms with Crippen molar-refractivity contribution in [3.63, 3.8) is 0 Å². The highest BCUT2D eigenvalue weighted by Gasteiger charge is 2.08. The molecule has 0 fully saturated rings. The number of rotatable bonds is 7. The number of nitrogens with one attached hydrogen (secondary N) is 2. The molecule has 1 heterocycles. The molecule has 9 heteroatoms. The predicted octanol–water partition coefficient (Wildman–Crippen LogP) is 3.83. The number of nitrogens with zero attached hydrogens (tertiary/aromatic N) is 3. The van der Waals surface area contributed by atoms with E-state index in [0.717, 1.165) is 18.1 Å². The second-order valence-corrected chi connectivity index (χ2v) is 6.65. The molecule has 1 aromatic carbocycles. The van der Waals surface area contributed by atoms with E-state index in [1.165, 1.54) is 6.20 Å². The van der Waals surface area contributed by atoms with Gasteiger partial charge in [-0.25, -0.2) is 0 Å². The van der Waals surface area contributed by atoms with Gasteiger partial charge < -0.3 is 15.5 Å². The van der Waals surface area contributed by atoms with Gasteiger partial charge in [0, 0.05) is 39.1 Å². The lowest BCUT2D eigenvalue weighted by Gasteiger charge is -2.22. The summed E-state index contributed by atoms with van der Waals surface area (Å²) >= 11 is 12.0. The fraction of sp³-hybridized carbons (Fsp3) is 0.316. The number of carbonyl (C=O) groups excluding carboxylic acids is 1. The van der Waals surface area contributed by atoms with Crippen LogP contribution in [-0.2, 0) is 6.54 Å². The third-order valence-electron chi connectivity index (χ3n) is 3.68. The van der Waals surface area contributed by atoms with Gasteiger partial charge in [-0.1, -0.05) is 29.3 Å². The van der Waals surface area contributed by atoms with Crippen LogP contribution in [0.25, 0.3) is 0 Å². The molecule has 0 unspecified atom stereocenters. The summed E-state index contributed by atoms with van der Waals surface area (Å²) in [7, 11) is 1.94. The minimum absolute atomic E-state index is 0. The molecule has 1 amide bonds. The second-order valence-electron chi connectivity index (χ2n) is 5.84. The van der Waals surface area contributed by atoms with Gasteiger partial charge in [-0.15, -0.1) is 24.0 Å². The summed E-state index contributed by atoms with van der Waals surface area (Å²) in [5.41, 5.74) is 1.56. The Kier molecular flexibility index (Phi) is 11.2. The van der Waals surface area contributed by atoms with Crippen molar-refractivity contribution in [1.29, 1.82) is 0 Å². The van der Waals surface area contributed by atoms with Gasteiger partial charge in [0.15, 0.2) is 5.96 Å². The number of hydrogen-bond donors (Lipinski definition) is 2. The van der Waals surface area contributed by atoms with Crippen LogP contribution in [0.5, 0.6) is 0 Å². The second kappa shape index (κ2) is 12.8. The number of carbonyl (C=O) groups is 1. The van der Waals surface area contributed by atoms with Crippen LogP contribution in [0.3, 0.4) is 0 Å². The smallest absolute Gasteiger partial charge is 0.252 e. The van der Waals surface area contributed by atoms with Crippen LogP contribution in [0.4, 0.5) is 0 Å². The summed E-state index contributed by atoms with van der Waals surface area (Å²) in [4.78, 5) is 22.5. The molecule has 6 nitrogen and oxygen atoms in total. The molecule has 2 rings (SSSR count). The predicted molar refractivity (Wildman–Crippen MR) is 126 cm³/mol. The van der Waals surface area contributed by atoms with Crippen LogP contribution in [0.1, 0.15) is 22.8 Å². The number of pyridine rings is 1. The first-order valence-electron chi connectivity index (χ1n) is 8.63. The van der Waals surface area contributed by atoms with Crippen LogP contribution >= 0.6 is 47.2 Å². The van der Waals surface area contributed by atoms with E-state index < -0.39 is 0 Å². The average molecular weight is 536 g/mol. The lowest BCUT2D eigenvalue weighted by atomic mass is 10.2. The molecule has 2 N–H and O–H groups in total. The Morgan fingerprint density at radius 1 is 1.21 bits per heavy atom. The summed E-state index contributed by atoms with van der Waals surface area (Å²) in [6.07, 6.45) is 3.17. The van der Waals surface area contributed by atoms with Crippen molar-refractivity contribution in [2.24, 2.45) is 4.99 Å². The van der Waals surface area contributed by atoms with Crippen molar-refractivity contribution in [2.45, 2.75) is 13.5 Å². The molecule has 0 spiro atoms. The van der Waals surface area contributed by atoms with Gasteiger partial charge >= 0.3 is 0 Å². The maximum Gasteiger partial charge on any atom is 0.252 e. The van der Waals surface area contributed by atoms with E-state index in [0.29, 0.717) is 35.2 Å². The molecule has 0 aliphatic heterocycles. The quantitative estimate of drug-likeness (QED) is 0.245. The molecule has 0 radical (unpaired) electrons. The Balaban J connectivity index is 0.00000392. The molecule has 0 atom stereocenters. The minimum atomic E-state index is -0.160. The number of aromatic nitrogens is 1. The van der Waals surface area contributed by atoms with E-state index in [4.69, 9.17) is 23.2 Å². The van der Waals surface area contributed by atoms with Crippen molar-refractivity contribution < 1.29 is 4.79 Å². The maximum absolute atomic E-state index is 12.0. The van der Waals surface area contributed by atoms with Gasteiger partial charge in [-0.05, 0) is 36.8 Å². The summed E-state index contributed by atoms with van der Waals surface area (Å²) in [5, 5.41) is 7.14. The Labute approximate surface area is 192 Å². The molecule has 0 saturated heterocycles. The number of hydrogen-bond acceptors (Lipinski definition) is 3. The van der Waals surface area contributed by atoms with Crippen molar-refractivity contribution >= 4 is 59.0 Å². The van der Waals surface area contributed by atoms with Gasteiger partial charge in [0.1, 0.15) is 0 Å². The number of halogens is 3. The van der Waals surface area contributed by atoms with Crippen LogP contribution < -0.4 is 10.6 Å². The topological polar surface area (TPSA) is 69.6 Å². The first-order chi connectivity index (χ1) is 13.0. The molecule has 1 aromatic heterocycles. The fourth-order valence-electron chi connectivity index (χ4n) is 2.39. The number of guanidine groups is 1. The number of amides is 1. The minimum Gasteiger partial charge on any atom is -0.357 e. The molecule has 152 valence electrons. The fourth-order valence-corrected chi connectivity index (χ4v) is 2.71. The maximum atomic E-state index is 12.0. The molecular weight excluding hydrogens is 512 g/mol. The van der Waals surface area contributed by atoms with Gasteiger partial charge in [-0.3, -0.25) is 14.8 Å². The molecular formula is C19H24Cl2IN5O. The van der Waals surface area contributed by atoms with Crippen molar-refractivity contribution in [3.8, 4) is 0 Å². The highest BCUT2D eigenvalue weighted by atomic mass is 127. The monoisotopic (exact) mass is 535 g/mol. The molecule has 2 aromatic rings. The normalized spacial score (nSPS) is 10.8. The number of aliphatic imine (C=N–C) groups is 1. The summed E-state index contributed by atoms with van der Waals surface area (Å²) < 4.78 is 0. The van der Waals surface area contributed by atoms with Gasteiger partial charge in [0.05, 0.1) is 22.2 Å². The molecule has 28 heavy (non-hydrogen) atoms. The summed E-state index contributed by atoms with van der Waals surface area (Å²) in [5.74, 6) is 0.590. The highest BCUT2D eigenvalue weighted by molar-refractivity contribution is 14.0. The molecule has 0 aliphatic carbocycles. The third-order valence-corrected chi connectivity index (χ3v) is 4.42. The molecule has 0 aliphatic rings. The lowest BCUT2D eigenvalue weighted by molar-refractivity contribution is 0.0954. The number of benzene rings is 1. The zero-order valence-corrected chi connectivity index (χ0v) is 19.6. The van der Waals surface area contributed by atoms with Gasteiger partial charge in [-0.2, -0.15) is 0 Å². The molecule has 0 saturated carbocycles. The largest absolute Gasteiger partial charge is 0.357 e. The Hall–Kier alpha value is -1.58. The van der Waals surface area contributed by atoms with E-state index in [1.54, 1.807) is 24.4 Å². The zero-order valence-electron chi connectivity index (χ0n) is 15.8. The Bertz CT molecular complexity index is 789. The van der Waals surface area contributed by atoms with Crippen LogP contribution in [0.2, 0.25) is 10.0 Å². The van der Waals surface area contributed by atoms with E-state index in [-0.39, 0.29) is 29.9 Å². The van der Waals surface area contributed by atoms with E-state index in [2.05, 4.69) is 20.6 Å². The molecule has 0 bridgehead atoms. The Morgan fingerprint density at radius 3 is 2.64 bits per heavy atom. The first-order valence-corrected chi connectivity index (χ1v) is 9.38. The summed E-state index contributed by atoms with van der Waals surface area (Å²) in [6.45, 7) is 4.27. The van der Waals surface area contributed by atoms with Crippen LogP contribution in [0.15, 0.2) is 47.7 Å². The van der Waals surface area contributed by atoms with Crippen molar-refractivity contribution in [2.75, 3.05) is 26.7 Å². The van der Waals surface area contributed by atoms with Crippen LogP contribution in [-0.4, -0.2) is 48.4 Å². The van der Waals surface area contributed by atoms with E-state index in [9.17, 15) is 4.79 Å². The van der Waals surface area contributed by atoms with Gasteiger partial charge in [0.25, 0.3) is 5.91 Å². The van der Waals surface area contributed by atoms with E-state index >= 15 is 0 Å². The van der Waals surface area contributed by atoms with Crippen molar-refractivity contribution in [3.05, 3.63) is 63.9 Å². The summed E-state index contributed by atoms with van der Waals surface area (Å²) in [6, 6.07) is 9.01. The van der Waals surface area contributed by atoms with E-state index in [1.807, 2.05) is 31.0 Å². The first kappa shape index (κ1) is 24.5. The standard InChI is InChI=1S/C19H23Cl2N5O.HI/c1-3-23-19(26(2)13-14-6-7-16(20)17(21)11-14)25-10-9-24-18(27)15-5-4-8-22-12-15;/h4-8,11-12H,3,9-10,13H2,1-2H3,(H,23,25)(H,24,27);1H. The highest BCUT2D eigenvalue weighted by Crippen LogP contribution is 2.23. The third kappa shape index (κ3) is 7.81. The zero-order chi connectivity index (χ0) is 19.6.